The molecule has 2 aromatic carbocycles. The molecule has 130 valence electrons. The molecule has 0 aliphatic heterocycles. The number of rotatable bonds is 6. The fraction of sp³-hybridized carbons (Fsp3) is 0.263. The number of hydrogen-bond donors (Lipinski definition) is 2. The largest absolute Gasteiger partial charge is 0.493 e. The van der Waals surface area contributed by atoms with Gasteiger partial charge in [0, 0.05) is 5.56 Å². The summed E-state index contributed by atoms with van der Waals surface area (Å²) in [6, 6.07) is 13.2. The van der Waals surface area contributed by atoms with Gasteiger partial charge in [0.2, 0.25) is 0 Å². The highest BCUT2D eigenvalue weighted by molar-refractivity contribution is 5.55. The standard InChI is InChI=1S/C19H22N4O2/c1-4-25-16-11-13(8-9-15(16)24-3)17(20)19-21-18(22-23-19)14-7-5-6-12(2)10-14/h5-11,17H,4,20H2,1-3H3,(H,21,22,23). The number of nitrogens with two attached hydrogens (primary N) is 1. The monoisotopic (exact) mass is 338 g/mol. The van der Waals surface area contributed by atoms with Crippen molar-refractivity contribution in [2.24, 2.45) is 5.73 Å². The molecular weight excluding hydrogens is 316 g/mol. The number of methoxy groups -OCH3 is 1. The summed E-state index contributed by atoms with van der Waals surface area (Å²) in [6.07, 6.45) is 0. The number of nitrogens with one attached hydrogen (secondary N) is 1. The molecule has 0 saturated heterocycles. The van der Waals surface area contributed by atoms with Gasteiger partial charge < -0.3 is 15.2 Å². The van der Waals surface area contributed by atoms with Crippen LogP contribution in [0.25, 0.3) is 11.4 Å². The molecule has 0 aliphatic carbocycles. The van der Waals surface area contributed by atoms with Crippen molar-refractivity contribution < 1.29 is 9.47 Å². The average Bonchev–Trinajstić information content (AvgIpc) is 3.11. The van der Waals surface area contributed by atoms with Crippen LogP contribution in [-0.2, 0) is 0 Å². The van der Waals surface area contributed by atoms with E-state index in [2.05, 4.69) is 15.2 Å². The summed E-state index contributed by atoms with van der Waals surface area (Å²) >= 11 is 0. The highest BCUT2D eigenvalue weighted by Crippen LogP contribution is 2.31. The first-order valence-electron chi connectivity index (χ1n) is 8.18. The Bertz CT molecular complexity index is 860. The molecule has 0 aliphatic rings. The number of aromatic nitrogens is 3. The van der Waals surface area contributed by atoms with E-state index in [9.17, 15) is 0 Å². The number of hydrogen-bond acceptors (Lipinski definition) is 5. The zero-order chi connectivity index (χ0) is 17.8. The zero-order valence-corrected chi connectivity index (χ0v) is 14.6. The third kappa shape index (κ3) is 3.64. The Hall–Kier alpha value is -2.86. The van der Waals surface area contributed by atoms with Crippen LogP contribution in [0.15, 0.2) is 42.5 Å². The van der Waals surface area contributed by atoms with Crippen LogP contribution in [0.4, 0.5) is 0 Å². The van der Waals surface area contributed by atoms with Crippen LogP contribution in [0.1, 0.15) is 29.9 Å². The van der Waals surface area contributed by atoms with Gasteiger partial charge in [0.1, 0.15) is 5.82 Å². The molecule has 0 amide bonds. The van der Waals surface area contributed by atoms with Gasteiger partial charge >= 0.3 is 0 Å². The minimum absolute atomic E-state index is 0.434. The first-order valence-corrected chi connectivity index (χ1v) is 8.18. The van der Waals surface area contributed by atoms with E-state index < -0.39 is 6.04 Å². The van der Waals surface area contributed by atoms with Gasteiger partial charge in [-0.15, -0.1) is 0 Å². The van der Waals surface area contributed by atoms with Crippen LogP contribution < -0.4 is 15.2 Å². The maximum Gasteiger partial charge on any atom is 0.181 e. The molecule has 0 saturated carbocycles. The lowest BCUT2D eigenvalue weighted by Gasteiger charge is -2.14. The normalized spacial score (nSPS) is 12.0. The number of aryl methyl sites for hydroxylation is 1. The Labute approximate surface area is 147 Å². The second-order valence-electron chi connectivity index (χ2n) is 5.73. The van der Waals surface area contributed by atoms with Gasteiger partial charge in [-0.05, 0) is 37.6 Å². The van der Waals surface area contributed by atoms with Crippen LogP contribution in [-0.4, -0.2) is 28.9 Å². The Kier molecular flexibility index (Phi) is 5.00. The molecule has 3 rings (SSSR count). The van der Waals surface area contributed by atoms with Crippen molar-refractivity contribution in [2.75, 3.05) is 13.7 Å². The molecule has 3 N–H and O–H groups in total. The first-order chi connectivity index (χ1) is 12.1. The van der Waals surface area contributed by atoms with E-state index in [-0.39, 0.29) is 0 Å². The molecule has 25 heavy (non-hydrogen) atoms. The summed E-state index contributed by atoms with van der Waals surface area (Å²) in [5.74, 6) is 2.57. The number of nitrogens with zero attached hydrogens (tertiary/aromatic N) is 2. The van der Waals surface area contributed by atoms with Crippen molar-refractivity contribution in [1.29, 1.82) is 0 Å². The molecule has 0 bridgehead atoms. The quantitative estimate of drug-likeness (QED) is 0.720. The second kappa shape index (κ2) is 7.36. The van der Waals surface area contributed by atoms with Crippen LogP contribution in [0.3, 0.4) is 0 Å². The number of benzene rings is 2. The van der Waals surface area contributed by atoms with E-state index in [1.165, 1.54) is 0 Å². The third-order valence-electron chi connectivity index (χ3n) is 3.92. The topological polar surface area (TPSA) is 86.0 Å². The first kappa shape index (κ1) is 17.0. The van der Waals surface area contributed by atoms with Gasteiger partial charge in [-0.1, -0.05) is 29.8 Å². The van der Waals surface area contributed by atoms with E-state index >= 15 is 0 Å². The fourth-order valence-electron chi connectivity index (χ4n) is 2.64. The van der Waals surface area contributed by atoms with Gasteiger partial charge in [-0.2, -0.15) is 5.10 Å². The van der Waals surface area contributed by atoms with Crippen molar-refractivity contribution in [1.82, 2.24) is 15.2 Å². The molecule has 6 heteroatoms. The molecule has 1 aromatic heterocycles. The highest BCUT2D eigenvalue weighted by atomic mass is 16.5. The summed E-state index contributed by atoms with van der Waals surface area (Å²) in [7, 11) is 1.61. The van der Waals surface area contributed by atoms with Crippen molar-refractivity contribution >= 4 is 0 Å². The lowest BCUT2D eigenvalue weighted by atomic mass is 10.1. The van der Waals surface area contributed by atoms with Gasteiger partial charge in [0.25, 0.3) is 0 Å². The second-order valence-corrected chi connectivity index (χ2v) is 5.73. The number of H-pyrrole nitrogens is 1. The molecule has 0 fully saturated rings. The maximum absolute atomic E-state index is 6.36. The minimum Gasteiger partial charge on any atom is -0.493 e. The van der Waals surface area contributed by atoms with E-state index in [0.29, 0.717) is 29.8 Å². The molecular formula is C19H22N4O2. The molecule has 6 nitrogen and oxygen atoms in total. The fourth-order valence-corrected chi connectivity index (χ4v) is 2.64. The maximum atomic E-state index is 6.36. The van der Waals surface area contributed by atoms with Gasteiger partial charge in [-0.3, -0.25) is 5.10 Å². The summed E-state index contributed by atoms with van der Waals surface area (Å²) in [5.41, 5.74) is 9.35. The minimum atomic E-state index is -0.434. The Balaban J connectivity index is 1.89. The van der Waals surface area contributed by atoms with E-state index in [1.54, 1.807) is 7.11 Å². The van der Waals surface area contributed by atoms with Crippen molar-refractivity contribution in [2.45, 2.75) is 19.9 Å². The SMILES string of the molecule is CCOc1cc(C(N)c2nc(-c3cccc(C)c3)n[nH]2)ccc1OC. The Morgan fingerprint density at radius 1 is 1.16 bits per heavy atom. The average molecular weight is 338 g/mol. The van der Waals surface area contributed by atoms with Gasteiger partial charge in [-0.25, -0.2) is 4.98 Å². The summed E-state index contributed by atoms with van der Waals surface area (Å²) in [5, 5.41) is 7.24. The molecule has 0 radical (unpaired) electrons. The van der Waals surface area contributed by atoms with Crippen molar-refractivity contribution in [3.05, 3.63) is 59.4 Å². The predicted octanol–water partition coefficient (Wildman–Crippen LogP) is 3.24. The number of aromatic amines is 1. The van der Waals surface area contributed by atoms with E-state index in [0.717, 1.165) is 16.7 Å². The molecule has 1 heterocycles. The Morgan fingerprint density at radius 3 is 2.72 bits per heavy atom. The van der Waals surface area contributed by atoms with Crippen molar-refractivity contribution in [3.8, 4) is 22.9 Å². The molecule has 1 atom stereocenters. The number of ether oxygens (including phenoxy) is 2. The Morgan fingerprint density at radius 2 is 2.00 bits per heavy atom. The zero-order valence-electron chi connectivity index (χ0n) is 14.6. The lowest BCUT2D eigenvalue weighted by Crippen LogP contribution is -2.14. The summed E-state index contributed by atoms with van der Waals surface area (Å²) in [6.45, 7) is 4.51. The lowest BCUT2D eigenvalue weighted by molar-refractivity contribution is 0.310. The van der Waals surface area contributed by atoms with Crippen LogP contribution in [0.2, 0.25) is 0 Å². The van der Waals surface area contributed by atoms with E-state index in [1.807, 2.05) is 56.3 Å². The van der Waals surface area contributed by atoms with Crippen molar-refractivity contribution in [3.63, 3.8) is 0 Å². The third-order valence-corrected chi connectivity index (χ3v) is 3.92. The van der Waals surface area contributed by atoms with E-state index in [4.69, 9.17) is 15.2 Å². The van der Waals surface area contributed by atoms with Crippen LogP contribution >= 0.6 is 0 Å². The predicted molar refractivity (Wildman–Crippen MR) is 96.7 cm³/mol. The molecule has 3 aromatic rings. The summed E-state index contributed by atoms with van der Waals surface area (Å²) in [4.78, 5) is 4.55. The van der Waals surface area contributed by atoms with Crippen LogP contribution in [0.5, 0.6) is 11.5 Å². The smallest absolute Gasteiger partial charge is 0.181 e. The highest BCUT2D eigenvalue weighted by Gasteiger charge is 2.17. The van der Waals surface area contributed by atoms with Crippen LogP contribution in [0, 0.1) is 6.92 Å². The molecule has 1 unspecified atom stereocenters. The van der Waals surface area contributed by atoms with Gasteiger partial charge in [0.05, 0.1) is 19.8 Å². The van der Waals surface area contributed by atoms with Gasteiger partial charge in [0.15, 0.2) is 17.3 Å². The summed E-state index contributed by atoms with van der Waals surface area (Å²) < 4.78 is 10.9. The molecule has 0 spiro atoms.